The van der Waals surface area contributed by atoms with Crippen LogP contribution < -0.4 is 11.3 Å². The zero-order chi connectivity index (χ0) is 14.7. The number of nitrogens with one attached hydrogen (secondary N) is 1. The van der Waals surface area contributed by atoms with Gasteiger partial charge in [0.25, 0.3) is 0 Å². The third-order valence-electron chi connectivity index (χ3n) is 2.27. The van der Waals surface area contributed by atoms with Crippen LogP contribution >= 0.6 is 0 Å². The summed E-state index contributed by atoms with van der Waals surface area (Å²) < 4.78 is 61.6. The lowest BCUT2D eigenvalue weighted by Crippen LogP contribution is -2.39. The van der Waals surface area contributed by atoms with Crippen molar-refractivity contribution in [3.05, 3.63) is 18.5 Å². The Morgan fingerprint density at radius 1 is 1.47 bits per heavy atom. The Morgan fingerprint density at radius 2 is 2.11 bits per heavy atom. The molecule has 0 bridgehead atoms. The first-order valence-electron chi connectivity index (χ1n) is 5.20. The second-order valence-electron chi connectivity index (χ2n) is 3.56. The Kier molecular flexibility index (Phi) is 4.71. The molecule has 0 aromatic carbocycles. The Balaban J connectivity index is 3.21. The molecule has 0 atom stereocenters. The lowest BCUT2D eigenvalue weighted by Gasteiger charge is -2.22. The minimum atomic E-state index is -4.62. The Bertz CT molecular complexity index is 533. The van der Waals surface area contributed by atoms with Gasteiger partial charge in [-0.3, -0.25) is 10.8 Å². The molecule has 0 saturated heterocycles. The molecule has 108 valence electrons. The topological polar surface area (TPSA) is 88.3 Å². The smallest absolute Gasteiger partial charge is 0.323 e. The van der Waals surface area contributed by atoms with E-state index in [4.69, 9.17) is 5.84 Å². The lowest BCUT2D eigenvalue weighted by atomic mass is 10.4. The van der Waals surface area contributed by atoms with E-state index in [1.54, 1.807) is 0 Å². The molecule has 1 aromatic rings. The maximum absolute atomic E-state index is 12.4. The highest BCUT2D eigenvalue weighted by molar-refractivity contribution is 7.89. The fraction of sp³-hybridized carbons (Fsp3) is 0.444. The number of nitrogen functional groups attached to an aromatic ring is 1. The van der Waals surface area contributed by atoms with Gasteiger partial charge < -0.3 is 5.43 Å². The van der Waals surface area contributed by atoms with Crippen molar-refractivity contribution in [3.63, 3.8) is 0 Å². The van der Waals surface area contributed by atoms with Gasteiger partial charge >= 0.3 is 6.18 Å². The van der Waals surface area contributed by atoms with E-state index in [0.29, 0.717) is 4.31 Å². The first-order chi connectivity index (χ1) is 8.72. The number of hydrazine groups is 1. The molecule has 0 fully saturated rings. The molecular formula is C9H13F3N4O2S. The number of aromatic nitrogens is 1. The number of alkyl halides is 3. The molecule has 0 amide bonds. The average Bonchev–Trinajstić information content (AvgIpc) is 2.34. The fourth-order valence-corrected chi connectivity index (χ4v) is 2.94. The molecule has 1 rings (SSSR count). The van der Waals surface area contributed by atoms with Crippen molar-refractivity contribution in [2.24, 2.45) is 5.84 Å². The van der Waals surface area contributed by atoms with Gasteiger partial charge in [-0.1, -0.05) is 6.92 Å². The van der Waals surface area contributed by atoms with Crippen LogP contribution in [0.15, 0.2) is 23.4 Å². The van der Waals surface area contributed by atoms with Crippen LogP contribution in [-0.4, -0.2) is 37.0 Å². The van der Waals surface area contributed by atoms with Crippen LogP contribution in [-0.2, 0) is 10.0 Å². The maximum Gasteiger partial charge on any atom is 0.402 e. The summed E-state index contributed by atoms with van der Waals surface area (Å²) in [5, 5.41) is 0. The summed E-state index contributed by atoms with van der Waals surface area (Å²) in [5.74, 6) is 5.13. The molecule has 0 saturated carbocycles. The van der Waals surface area contributed by atoms with Crippen molar-refractivity contribution in [1.29, 1.82) is 0 Å². The predicted molar refractivity (Wildman–Crippen MR) is 62.5 cm³/mol. The van der Waals surface area contributed by atoms with Gasteiger partial charge in [0, 0.05) is 18.9 Å². The van der Waals surface area contributed by atoms with E-state index in [1.165, 1.54) is 19.2 Å². The number of hydrogen-bond acceptors (Lipinski definition) is 5. The molecule has 0 unspecified atom stereocenters. The number of pyridine rings is 1. The Hall–Kier alpha value is -1.39. The molecule has 0 spiro atoms. The molecule has 10 heteroatoms. The Labute approximate surface area is 108 Å². The number of rotatable bonds is 5. The van der Waals surface area contributed by atoms with Gasteiger partial charge in [-0.05, 0) is 6.07 Å². The van der Waals surface area contributed by atoms with E-state index < -0.39 is 27.6 Å². The van der Waals surface area contributed by atoms with Crippen LogP contribution in [0.1, 0.15) is 6.92 Å². The summed E-state index contributed by atoms with van der Waals surface area (Å²) in [5.41, 5.74) is 2.10. The predicted octanol–water partition coefficient (Wildman–Crippen LogP) is 0.940. The lowest BCUT2D eigenvalue weighted by molar-refractivity contribution is -0.135. The second kappa shape index (κ2) is 5.72. The maximum atomic E-state index is 12.4. The van der Waals surface area contributed by atoms with Crippen LogP contribution in [0.3, 0.4) is 0 Å². The SMILES string of the molecule is CCN(CC(F)(F)F)S(=O)(=O)c1cnccc1NN. The molecule has 19 heavy (non-hydrogen) atoms. The van der Waals surface area contributed by atoms with E-state index in [-0.39, 0.29) is 12.2 Å². The van der Waals surface area contributed by atoms with Crippen LogP contribution in [0.25, 0.3) is 0 Å². The van der Waals surface area contributed by atoms with Gasteiger partial charge in [0.2, 0.25) is 10.0 Å². The number of sulfonamides is 1. The fourth-order valence-electron chi connectivity index (χ4n) is 1.41. The molecule has 1 aromatic heterocycles. The van der Waals surface area contributed by atoms with Crippen molar-refractivity contribution in [2.45, 2.75) is 18.0 Å². The zero-order valence-corrected chi connectivity index (χ0v) is 10.8. The quantitative estimate of drug-likeness (QED) is 0.624. The average molecular weight is 298 g/mol. The van der Waals surface area contributed by atoms with E-state index in [1.807, 2.05) is 0 Å². The van der Waals surface area contributed by atoms with Gasteiger partial charge in [-0.25, -0.2) is 8.42 Å². The third-order valence-corrected chi connectivity index (χ3v) is 4.21. The van der Waals surface area contributed by atoms with Gasteiger partial charge in [-0.15, -0.1) is 0 Å². The number of anilines is 1. The minimum absolute atomic E-state index is 0.0179. The first kappa shape index (κ1) is 15.7. The Morgan fingerprint density at radius 3 is 2.58 bits per heavy atom. The molecule has 0 aliphatic carbocycles. The van der Waals surface area contributed by atoms with E-state index >= 15 is 0 Å². The summed E-state index contributed by atoms with van der Waals surface area (Å²) in [4.78, 5) is 3.19. The van der Waals surface area contributed by atoms with Gasteiger partial charge in [0.15, 0.2) is 0 Å². The first-order valence-corrected chi connectivity index (χ1v) is 6.64. The van der Waals surface area contributed by atoms with Gasteiger partial charge in [-0.2, -0.15) is 17.5 Å². The normalized spacial score (nSPS) is 12.7. The van der Waals surface area contributed by atoms with Crippen molar-refractivity contribution < 1.29 is 21.6 Å². The van der Waals surface area contributed by atoms with Crippen molar-refractivity contribution >= 4 is 15.7 Å². The second-order valence-corrected chi connectivity index (χ2v) is 5.47. The number of nitrogens with two attached hydrogens (primary N) is 1. The number of nitrogens with zero attached hydrogens (tertiary/aromatic N) is 2. The van der Waals surface area contributed by atoms with E-state index in [9.17, 15) is 21.6 Å². The highest BCUT2D eigenvalue weighted by Crippen LogP contribution is 2.26. The monoisotopic (exact) mass is 298 g/mol. The molecular weight excluding hydrogens is 285 g/mol. The van der Waals surface area contributed by atoms with Crippen molar-refractivity contribution in [3.8, 4) is 0 Å². The number of halogens is 3. The molecule has 0 aliphatic rings. The van der Waals surface area contributed by atoms with Gasteiger partial charge in [0.05, 0.1) is 5.69 Å². The van der Waals surface area contributed by atoms with Crippen LogP contribution in [0.5, 0.6) is 0 Å². The van der Waals surface area contributed by atoms with Crippen molar-refractivity contribution in [1.82, 2.24) is 9.29 Å². The summed E-state index contributed by atoms with van der Waals surface area (Å²) >= 11 is 0. The van der Waals surface area contributed by atoms with Crippen LogP contribution in [0.4, 0.5) is 18.9 Å². The minimum Gasteiger partial charge on any atom is -0.323 e. The summed E-state index contributed by atoms with van der Waals surface area (Å²) in [6.07, 6.45) is -2.40. The zero-order valence-electron chi connectivity index (χ0n) is 9.98. The summed E-state index contributed by atoms with van der Waals surface area (Å²) in [6.45, 7) is -0.569. The third kappa shape index (κ3) is 3.78. The van der Waals surface area contributed by atoms with E-state index in [0.717, 1.165) is 6.20 Å². The van der Waals surface area contributed by atoms with Crippen molar-refractivity contribution in [2.75, 3.05) is 18.5 Å². The standard InChI is InChI=1S/C9H13F3N4O2S/c1-2-16(6-9(10,11)12)19(17,18)8-5-14-4-3-7(8)15-13/h3-5H,2,6,13H2,1H3,(H,14,15). The molecule has 0 aliphatic heterocycles. The molecule has 0 radical (unpaired) electrons. The van der Waals surface area contributed by atoms with Crippen LogP contribution in [0.2, 0.25) is 0 Å². The summed E-state index contributed by atoms with van der Waals surface area (Å²) in [7, 11) is -4.32. The highest BCUT2D eigenvalue weighted by Gasteiger charge is 2.37. The van der Waals surface area contributed by atoms with Crippen LogP contribution in [0, 0.1) is 0 Å². The molecule has 3 N–H and O–H groups in total. The van der Waals surface area contributed by atoms with E-state index in [2.05, 4.69) is 10.4 Å². The molecule has 1 heterocycles. The molecule has 6 nitrogen and oxygen atoms in total. The summed E-state index contributed by atoms with van der Waals surface area (Å²) in [6, 6.07) is 1.26. The number of hydrogen-bond donors (Lipinski definition) is 2. The highest BCUT2D eigenvalue weighted by atomic mass is 32.2. The van der Waals surface area contributed by atoms with Gasteiger partial charge in [0.1, 0.15) is 11.4 Å². The largest absolute Gasteiger partial charge is 0.402 e.